The maximum atomic E-state index is 3.81. The maximum absolute atomic E-state index is 3.81. The van der Waals surface area contributed by atoms with E-state index in [0.717, 1.165) is 11.8 Å². The molecule has 112 valence electrons. The van der Waals surface area contributed by atoms with Gasteiger partial charge in [-0.3, -0.25) is 0 Å². The van der Waals surface area contributed by atoms with Crippen LogP contribution in [0.15, 0.2) is 0 Å². The third kappa shape index (κ3) is 4.48. The highest BCUT2D eigenvalue weighted by Gasteiger charge is 2.39. The van der Waals surface area contributed by atoms with E-state index in [2.05, 4.69) is 19.2 Å². The molecule has 2 rings (SSSR count). The van der Waals surface area contributed by atoms with Crippen LogP contribution in [-0.2, 0) is 0 Å². The van der Waals surface area contributed by atoms with Crippen LogP contribution in [-0.4, -0.2) is 13.1 Å². The molecule has 0 atom stereocenters. The van der Waals surface area contributed by atoms with Crippen molar-refractivity contribution < 1.29 is 0 Å². The van der Waals surface area contributed by atoms with E-state index in [0.29, 0.717) is 5.41 Å². The van der Waals surface area contributed by atoms with Crippen molar-refractivity contribution in [1.29, 1.82) is 0 Å². The fourth-order valence-corrected chi connectivity index (χ4v) is 4.49. The first kappa shape index (κ1) is 15.4. The molecule has 2 aliphatic rings. The average molecular weight is 265 g/mol. The summed E-state index contributed by atoms with van der Waals surface area (Å²) >= 11 is 0. The van der Waals surface area contributed by atoms with Crippen LogP contribution >= 0.6 is 0 Å². The number of nitrogens with one attached hydrogen (secondary N) is 1. The highest BCUT2D eigenvalue weighted by atomic mass is 14.9. The van der Waals surface area contributed by atoms with Crippen molar-refractivity contribution in [3.8, 4) is 0 Å². The standard InChI is InChI=1S/C18H35N/c1-16(2)14-19-15-18(12-8-5-9-13-18)17-10-6-3-4-7-11-17/h16-17,19H,3-15H2,1-2H3. The molecule has 2 fully saturated rings. The predicted molar refractivity (Wildman–Crippen MR) is 84.4 cm³/mol. The van der Waals surface area contributed by atoms with E-state index in [1.54, 1.807) is 0 Å². The summed E-state index contributed by atoms with van der Waals surface area (Å²) in [4.78, 5) is 0. The average Bonchev–Trinajstić information content (AvgIpc) is 2.68. The van der Waals surface area contributed by atoms with Gasteiger partial charge in [0.25, 0.3) is 0 Å². The molecule has 2 saturated carbocycles. The molecule has 19 heavy (non-hydrogen) atoms. The largest absolute Gasteiger partial charge is 0.316 e. The number of hydrogen-bond donors (Lipinski definition) is 1. The van der Waals surface area contributed by atoms with Crippen LogP contribution in [0.2, 0.25) is 0 Å². The lowest BCUT2D eigenvalue weighted by Gasteiger charge is -2.44. The summed E-state index contributed by atoms with van der Waals surface area (Å²) in [6.45, 7) is 7.16. The first-order valence-corrected chi connectivity index (χ1v) is 8.94. The predicted octanol–water partition coefficient (Wildman–Crippen LogP) is 5.15. The Labute approximate surface area is 120 Å². The molecule has 1 nitrogen and oxygen atoms in total. The number of rotatable bonds is 5. The molecule has 0 heterocycles. The molecule has 2 aliphatic carbocycles. The molecule has 0 aromatic rings. The van der Waals surface area contributed by atoms with Gasteiger partial charge in [-0.15, -0.1) is 0 Å². The second-order valence-corrected chi connectivity index (χ2v) is 7.64. The van der Waals surface area contributed by atoms with Crippen LogP contribution in [0.5, 0.6) is 0 Å². The molecule has 1 heteroatoms. The molecule has 0 spiro atoms. The minimum absolute atomic E-state index is 0.664. The molecule has 0 aromatic carbocycles. The Hall–Kier alpha value is -0.0400. The minimum atomic E-state index is 0.664. The maximum Gasteiger partial charge on any atom is 0.00106 e. The molecule has 0 unspecified atom stereocenters. The van der Waals surface area contributed by atoms with Gasteiger partial charge in [0.05, 0.1) is 0 Å². The Balaban J connectivity index is 1.95. The summed E-state index contributed by atoms with van der Waals surface area (Å²) in [5.41, 5.74) is 0.664. The summed E-state index contributed by atoms with van der Waals surface area (Å²) < 4.78 is 0. The van der Waals surface area contributed by atoms with Gasteiger partial charge >= 0.3 is 0 Å². The Morgan fingerprint density at radius 2 is 1.47 bits per heavy atom. The zero-order valence-electron chi connectivity index (χ0n) is 13.3. The van der Waals surface area contributed by atoms with Crippen LogP contribution < -0.4 is 5.32 Å². The van der Waals surface area contributed by atoms with E-state index >= 15 is 0 Å². The topological polar surface area (TPSA) is 12.0 Å². The van der Waals surface area contributed by atoms with Crippen molar-refractivity contribution in [3.05, 3.63) is 0 Å². The van der Waals surface area contributed by atoms with Crippen LogP contribution in [0.3, 0.4) is 0 Å². The number of hydrogen-bond acceptors (Lipinski definition) is 1. The highest BCUT2D eigenvalue weighted by molar-refractivity contribution is 4.91. The SMILES string of the molecule is CC(C)CNCC1(C2CCCCCC2)CCCCC1. The Morgan fingerprint density at radius 1 is 0.895 bits per heavy atom. The van der Waals surface area contributed by atoms with Gasteiger partial charge in [0.1, 0.15) is 0 Å². The zero-order chi connectivity index (χ0) is 13.6. The van der Waals surface area contributed by atoms with Crippen molar-refractivity contribution in [1.82, 2.24) is 5.32 Å². The smallest absolute Gasteiger partial charge is 0.00106 e. The summed E-state index contributed by atoms with van der Waals surface area (Å²) in [5, 5.41) is 3.81. The van der Waals surface area contributed by atoms with Crippen molar-refractivity contribution >= 4 is 0 Å². The van der Waals surface area contributed by atoms with Gasteiger partial charge in [0.15, 0.2) is 0 Å². The zero-order valence-corrected chi connectivity index (χ0v) is 13.3. The van der Waals surface area contributed by atoms with Crippen molar-refractivity contribution in [2.75, 3.05) is 13.1 Å². The van der Waals surface area contributed by atoms with E-state index in [1.165, 1.54) is 83.7 Å². The Morgan fingerprint density at radius 3 is 2.05 bits per heavy atom. The van der Waals surface area contributed by atoms with Crippen LogP contribution in [0.1, 0.15) is 84.5 Å². The molecule has 0 aliphatic heterocycles. The molecule has 0 bridgehead atoms. The van der Waals surface area contributed by atoms with Gasteiger partial charge in [0.2, 0.25) is 0 Å². The quantitative estimate of drug-likeness (QED) is 0.678. The lowest BCUT2D eigenvalue weighted by molar-refractivity contribution is 0.0812. The van der Waals surface area contributed by atoms with Crippen molar-refractivity contribution in [2.45, 2.75) is 84.5 Å². The Kier molecular flexibility index (Phi) is 6.19. The second kappa shape index (κ2) is 7.67. The molecule has 0 amide bonds. The van der Waals surface area contributed by atoms with E-state index in [-0.39, 0.29) is 0 Å². The van der Waals surface area contributed by atoms with E-state index in [4.69, 9.17) is 0 Å². The second-order valence-electron chi connectivity index (χ2n) is 7.64. The fraction of sp³-hybridized carbons (Fsp3) is 1.00. The van der Waals surface area contributed by atoms with Crippen LogP contribution in [0.25, 0.3) is 0 Å². The lowest BCUT2D eigenvalue weighted by atomic mass is 9.63. The summed E-state index contributed by atoms with van der Waals surface area (Å²) in [5.74, 6) is 1.81. The van der Waals surface area contributed by atoms with Gasteiger partial charge < -0.3 is 5.32 Å². The van der Waals surface area contributed by atoms with Gasteiger partial charge in [-0.05, 0) is 49.5 Å². The first-order chi connectivity index (χ1) is 9.23. The van der Waals surface area contributed by atoms with Crippen LogP contribution in [0, 0.1) is 17.3 Å². The van der Waals surface area contributed by atoms with Crippen molar-refractivity contribution in [3.63, 3.8) is 0 Å². The molecular formula is C18H35N. The van der Waals surface area contributed by atoms with E-state index in [9.17, 15) is 0 Å². The molecule has 0 saturated heterocycles. The molecule has 1 N–H and O–H groups in total. The normalized spacial score (nSPS) is 25.4. The third-order valence-electron chi connectivity index (χ3n) is 5.60. The van der Waals surface area contributed by atoms with Gasteiger partial charge in [-0.1, -0.05) is 58.8 Å². The van der Waals surface area contributed by atoms with Gasteiger partial charge in [-0.2, -0.15) is 0 Å². The van der Waals surface area contributed by atoms with E-state index in [1.807, 2.05) is 0 Å². The summed E-state index contributed by atoms with van der Waals surface area (Å²) in [6.07, 6.45) is 16.5. The molecule has 0 aromatic heterocycles. The first-order valence-electron chi connectivity index (χ1n) is 8.94. The van der Waals surface area contributed by atoms with Crippen molar-refractivity contribution in [2.24, 2.45) is 17.3 Å². The van der Waals surface area contributed by atoms with Gasteiger partial charge in [0, 0.05) is 6.54 Å². The van der Waals surface area contributed by atoms with Gasteiger partial charge in [-0.25, -0.2) is 0 Å². The van der Waals surface area contributed by atoms with Crippen LogP contribution in [0.4, 0.5) is 0 Å². The lowest BCUT2D eigenvalue weighted by Crippen LogP contribution is -2.43. The minimum Gasteiger partial charge on any atom is -0.316 e. The monoisotopic (exact) mass is 265 g/mol. The summed E-state index contributed by atoms with van der Waals surface area (Å²) in [7, 11) is 0. The molecular weight excluding hydrogens is 230 g/mol. The van der Waals surface area contributed by atoms with E-state index < -0.39 is 0 Å². The molecule has 0 radical (unpaired) electrons. The third-order valence-corrected chi connectivity index (χ3v) is 5.60. The highest BCUT2D eigenvalue weighted by Crippen LogP contribution is 2.47. The Bertz CT molecular complexity index is 232. The fourth-order valence-electron chi connectivity index (χ4n) is 4.49. The summed E-state index contributed by atoms with van der Waals surface area (Å²) in [6, 6.07) is 0.